The fourth-order valence-electron chi connectivity index (χ4n) is 1.39. The maximum Gasteiger partial charge on any atom is 0.193 e. The predicted octanol–water partition coefficient (Wildman–Crippen LogP) is 2.96. The summed E-state index contributed by atoms with van der Waals surface area (Å²) in [6.45, 7) is 2.62. The molecule has 0 unspecified atom stereocenters. The van der Waals surface area contributed by atoms with E-state index in [0.717, 1.165) is 28.6 Å². The SMILES string of the molecule is CCOC1=Nc2ccc(Cl)cc2C1. The maximum atomic E-state index is 5.86. The van der Waals surface area contributed by atoms with Crippen LogP contribution in [0.1, 0.15) is 12.5 Å². The molecule has 1 aromatic carbocycles. The van der Waals surface area contributed by atoms with Gasteiger partial charge in [-0.25, -0.2) is 4.99 Å². The lowest BCUT2D eigenvalue weighted by molar-refractivity contribution is 0.322. The van der Waals surface area contributed by atoms with Gasteiger partial charge in [0.25, 0.3) is 0 Å². The number of nitrogens with zero attached hydrogens (tertiary/aromatic N) is 1. The summed E-state index contributed by atoms with van der Waals surface area (Å²) in [5.74, 6) is 0.791. The topological polar surface area (TPSA) is 21.6 Å². The summed E-state index contributed by atoms with van der Waals surface area (Å²) in [4.78, 5) is 4.32. The van der Waals surface area contributed by atoms with E-state index in [2.05, 4.69) is 4.99 Å². The van der Waals surface area contributed by atoms with Gasteiger partial charge in [-0.1, -0.05) is 11.6 Å². The largest absolute Gasteiger partial charge is 0.481 e. The molecule has 1 heterocycles. The summed E-state index contributed by atoms with van der Waals surface area (Å²) in [5, 5.41) is 0.756. The molecule has 2 nitrogen and oxygen atoms in total. The summed E-state index contributed by atoms with van der Waals surface area (Å²) in [6, 6.07) is 5.70. The van der Waals surface area contributed by atoms with E-state index in [-0.39, 0.29) is 0 Å². The highest BCUT2D eigenvalue weighted by molar-refractivity contribution is 6.30. The number of ether oxygens (including phenoxy) is 1. The number of rotatable bonds is 1. The highest BCUT2D eigenvalue weighted by Gasteiger charge is 2.14. The molecule has 0 N–H and O–H groups in total. The minimum atomic E-state index is 0.667. The number of hydrogen-bond acceptors (Lipinski definition) is 2. The number of halogens is 1. The lowest BCUT2D eigenvalue weighted by atomic mass is 10.1. The van der Waals surface area contributed by atoms with Crippen LogP contribution in [0.15, 0.2) is 23.2 Å². The van der Waals surface area contributed by atoms with Crippen molar-refractivity contribution in [2.24, 2.45) is 4.99 Å². The Balaban J connectivity index is 2.25. The van der Waals surface area contributed by atoms with Crippen molar-refractivity contribution < 1.29 is 4.74 Å². The standard InChI is InChI=1S/C10H10ClNO/c1-2-13-10-6-7-5-8(11)3-4-9(7)12-10/h3-5H,2,6H2,1H3. The minimum absolute atomic E-state index is 0.667. The molecule has 0 spiro atoms. The summed E-state index contributed by atoms with van der Waals surface area (Å²) in [6.07, 6.45) is 0.768. The Hall–Kier alpha value is -1.02. The average molecular weight is 196 g/mol. The Morgan fingerprint density at radius 1 is 1.54 bits per heavy atom. The fraction of sp³-hybridized carbons (Fsp3) is 0.300. The maximum absolute atomic E-state index is 5.86. The summed E-state index contributed by atoms with van der Waals surface area (Å²) >= 11 is 5.86. The Kier molecular flexibility index (Phi) is 2.23. The first-order chi connectivity index (χ1) is 6.29. The van der Waals surface area contributed by atoms with Crippen molar-refractivity contribution >= 4 is 23.2 Å². The fourth-order valence-corrected chi connectivity index (χ4v) is 1.59. The number of fused-ring (bicyclic) bond motifs is 1. The zero-order chi connectivity index (χ0) is 9.26. The average Bonchev–Trinajstić information content (AvgIpc) is 2.46. The zero-order valence-corrected chi connectivity index (χ0v) is 8.14. The molecule has 1 aliphatic rings. The lowest BCUT2D eigenvalue weighted by Crippen LogP contribution is -2.03. The summed E-state index contributed by atoms with van der Waals surface area (Å²) in [7, 11) is 0. The van der Waals surface area contributed by atoms with E-state index in [1.54, 1.807) is 0 Å². The van der Waals surface area contributed by atoms with E-state index in [0.29, 0.717) is 6.61 Å². The van der Waals surface area contributed by atoms with Gasteiger partial charge in [0.05, 0.1) is 18.7 Å². The van der Waals surface area contributed by atoms with Crippen LogP contribution >= 0.6 is 11.6 Å². The molecule has 0 bridgehead atoms. The first-order valence-electron chi connectivity index (χ1n) is 4.28. The van der Waals surface area contributed by atoms with Crippen LogP contribution in [-0.2, 0) is 11.2 Å². The summed E-state index contributed by atoms with van der Waals surface area (Å²) in [5.41, 5.74) is 2.13. The van der Waals surface area contributed by atoms with Gasteiger partial charge in [-0.15, -0.1) is 0 Å². The molecule has 0 atom stereocenters. The molecule has 2 rings (SSSR count). The third kappa shape index (κ3) is 1.68. The Bertz CT molecular complexity index is 360. The van der Waals surface area contributed by atoms with Crippen LogP contribution in [0.4, 0.5) is 5.69 Å². The van der Waals surface area contributed by atoms with Crippen LogP contribution in [0.25, 0.3) is 0 Å². The molecule has 0 fully saturated rings. The van der Waals surface area contributed by atoms with Gasteiger partial charge in [-0.3, -0.25) is 0 Å². The van der Waals surface area contributed by atoms with Gasteiger partial charge in [-0.2, -0.15) is 0 Å². The van der Waals surface area contributed by atoms with Crippen LogP contribution in [-0.4, -0.2) is 12.5 Å². The van der Waals surface area contributed by atoms with Crippen molar-refractivity contribution in [1.82, 2.24) is 0 Å². The number of hydrogen-bond donors (Lipinski definition) is 0. The minimum Gasteiger partial charge on any atom is -0.481 e. The van der Waals surface area contributed by atoms with E-state index < -0.39 is 0 Å². The highest BCUT2D eigenvalue weighted by Crippen LogP contribution is 2.29. The van der Waals surface area contributed by atoms with Gasteiger partial charge in [0.1, 0.15) is 0 Å². The van der Waals surface area contributed by atoms with E-state index in [1.807, 2.05) is 25.1 Å². The molecule has 68 valence electrons. The van der Waals surface area contributed by atoms with Crippen molar-refractivity contribution in [2.75, 3.05) is 6.61 Å². The van der Waals surface area contributed by atoms with Crippen molar-refractivity contribution in [3.8, 4) is 0 Å². The van der Waals surface area contributed by atoms with Gasteiger partial charge in [0, 0.05) is 5.02 Å². The molecular weight excluding hydrogens is 186 g/mol. The van der Waals surface area contributed by atoms with Gasteiger partial charge >= 0.3 is 0 Å². The first kappa shape index (κ1) is 8.57. The Labute approximate surface area is 82.2 Å². The molecule has 0 saturated heterocycles. The first-order valence-corrected chi connectivity index (χ1v) is 4.66. The molecule has 0 radical (unpaired) electrons. The van der Waals surface area contributed by atoms with E-state index in [4.69, 9.17) is 16.3 Å². The smallest absolute Gasteiger partial charge is 0.193 e. The van der Waals surface area contributed by atoms with E-state index in [1.165, 1.54) is 0 Å². The van der Waals surface area contributed by atoms with Crippen LogP contribution in [0.2, 0.25) is 5.02 Å². The molecule has 0 saturated carbocycles. The molecule has 1 aromatic rings. The second-order valence-electron chi connectivity index (χ2n) is 2.89. The van der Waals surface area contributed by atoms with Gasteiger partial charge in [0.2, 0.25) is 0 Å². The molecule has 1 aliphatic heterocycles. The lowest BCUT2D eigenvalue weighted by Gasteiger charge is -1.99. The van der Waals surface area contributed by atoms with Gasteiger partial charge in [0.15, 0.2) is 5.90 Å². The normalized spacial score (nSPS) is 13.8. The predicted molar refractivity (Wildman–Crippen MR) is 53.9 cm³/mol. The van der Waals surface area contributed by atoms with E-state index >= 15 is 0 Å². The Morgan fingerprint density at radius 3 is 3.15 bits per heavy atom. The van der Waals surface area contributed by atoms with E-state index in [9.17, 15) is 0 Å². The molecular formula is C10H10ClNO. The molecule has 0 aliphatic carbocycles. The van der Waals surface area contributed by atoms with Crippen LogP contribution in [0.3, 0.4) is 0 Å². The van der Waals surface area contributed by atoms with Crippen molar-refractivity contribution in [3.63, 3.8) is 0 Å². The zero-order valence-electron chi connectivity index (χ0n) is 7.38. The van der Waals surface area contributed by atoms with Crippen molar-refractivity contribution in [3.05, 3.63) is 28.8 Å². The van der Waals surface area contributed by atoms with Crippen molar-refractivity contribution in [1.29, 1.82) is 0 Å². The monoisotopic (exact) mass is 195 g/mol. The third-order valence-electron chi connectivity index (χ3n) is 1.94. The second kappa shape index (κ2) is 3.38. The number of benzene rings is 1. The van der Waals surface area contributed by atoms with Crippen molar-refractivity contribution in [2.45, 2.75) is 13.3 Å². The molecule has 0 aromatic heterocycles. The van der Waals surface area contributed by atoms with Crippen LogP contribution in [0.5, 0.6) is 0 Å². The highest BCUT2D eigenvalue weighted by atomic mass is 35.5. The molecule has 3 heteroatoms. The molecule has 13 heavy (non-hydrogen) atoms. The summed E-state index contributed by atoms with van der Waals surface area (Å²) < 4.78 is 5.33. The second-order valence-corrected chi connectivity index (χ2v) is 3.32. The third-order valence-corrected chi connectivity index (χ3v) is 2.17. The quantitative estimate of drug-likeness (QED) is 0.675. The van der Waals surface area contributed by atoms with Gasteiger partial charge < -0.3 is 4.74 Å². The Morgan fingerprint density at radius 2 is 2.38 bits per heavy atom. The molecule has 0 amide bonds. The van der Waals surface area contributed by atoms with Crippen LogP contribution in [0, 0.1) is 0 Å². The number of aliphatic imine (C=N–C) groups is 1. The van der Waals surface area contributed by atoms with Gasteiger partial charge in [-0.05, 0) is 30.7 Å². The van der Waals surface area contributed by atoms with Crippen LogP contribution < -0.4 is 0 Å².